The number of hydrogen-bond donors (Lipinski definition) is 2. The van der Waals surface area contributed by atoms with Crippen LogP contribution in [-0.2, 0) is 9.53 Å². The average Bonchev–Trinajstić information content (AvgIpc) is 3.24. The van der Waals surface area contributed by atoms with Gasteiger partial charge in [0.25, 0.3) is 11.5 Å². The molecule has 0 aliphatic carbocycles. The first-order chi connectivity index (χ1) is 28.3. The van der Waals surface area contributed by atoms with Crippen molar-refractivity contribution in [1.29, 1.82) is 0 Å². The maximum Gasteiger partial charge on any atom is 0.338 e. The quantitative estimate of drug-likeness (QED) is 0.0403. The first kappa shape index (κ1) is 43.3. The number of likely N-dealkylation sites (N-methyl/N-ethyl adjacent to an activating group) is 1. The van der Waals surface area contributed by atoms with E-state index in [2.05, 4.69) is 12.2 Å². The zero-order valence-corrected chi connectivity index (χ0v) is 34.3. The predicted octanol–water partition coefficient (Wildman–Crippen LogP) is 9.36. The number of aliphatic imine (C=N–C) groups is 1. The Morgan fingerprint density at radius 3 is 2.19 bits per heavy atom. The van der Waals surface area contributed by atoms with Crippen molar-refractivity contribution in [3.05, 3.63) is 118 Å². The van der Waals surface area contributed by atoms with Gasteiger partial charge in [-0.1, -0.05) is 89.0 Å². The molecule has 0 spiro atoms. The number of ether oxygens (including phenoxy) is 2. The first-order valence-electron chi connectivity index (χ1n) is 20.6. The largest absolute Gasteiger partial charge is 0.495 e. The van der Waals surface area contributed by atoms with Crippen LogP contribution in [0.25, 0.3) is 16.6 Å². The van der Waals surface area contributed by atoms with Crippen molar-refractivity contribution < 1.29 is 24.2 Å². The van der Waals surface area contributed by atoms with Crippen molar-refractivity contribution in [1.82, 2.24) is 9.55 Å². The lowest BCUT2D eigenvalue weighted by Crippen LogP contribution is -2.33. The summed E-state index contributed by atoms with van der Waals surface area (Å²) in [5.41, 5.74) is 3.16. The molecule has 1 heterocycles. The summed E-state index contributed by atoms with van der Waals surface area (Å²) in [7, 11) is 1.52. The predicted molar refractivity (Wildman–Crippen MR) is 233 cm³/mol. The van der Waals surface area contributed by atoms with Gasteiger partial charge in [-0.05, 0) is 92.6 Å². The Morgan fingerprint density at radius 2 is 1.52 bits per heavy atom. The van der Waals surface area contributed by atoms with E-state index in [9.17, 15) is 19.5 Å². The minimum Gasteiger partial charge on any atom is -0.495 e. The number of carbonyl (C=O) groups excluding carboxylic acids is 2. The van der Waals surface area contributed by atoms with Gasteiger partial charge in [0.2, 0.25) is 0 Å². The highest BCUT2D eigenvalue weighted by molar-refractivity contribution is 6.48. The molecular formula is C47H57N5O6. The minimum atomic E-state index is -0.619. The summed E-state index contributed by atoms with van der Waals surface area (Å²) in [6, 6.07) is 26.1. The second kappa shape index (κ2) is 22.2. The van der Waals surface area contributed by atoms with Gasteiger partial charge in [0.05, 0.1) is 53.9 Å². The lowest BCUT2D eigenvalue weighted by atomic mass is 10.1. The summed E-state index contributed by atoms with van der Waals surface area (Å²) >= 11 is 0. The van der Waals surface area contributed by atoms with E-state index in [0.29, 0.717) is 59.0 Å². The van der Waals surface area contributed by atoms with Crippen LogP contribution in [0.5, 0.6) is 5.75 Å². The second-order valence-electron chi connectivity index (χ2n) is 14.3. The van der Waals surface area contributed by atoms with Gasteiger partial charge < -0.3 is 24.8 Å². The van der Waals surface area contributed by atoms with Crippen LogP contribution in [0.4, 0.5) is 17.1 Å². The molecule has 0 saturated heterocycles. The number of unbranched alkanes of at least 4 members (excludes halogenated alkanes) is 9. The number of carbonyl (C=O) groups is 2. The van der Waals surface area contributed by atoms with Gasteiger partial charge in [-0.2, -0.15) is 0 Å². The van der Waals surface area contributed by atoms with E-state index in [1.54, 1.807) is 78.9 Å². The molecule has 306 valence electrons. The Balaban J connectivity index is 1.47. The van der Waals surface area contributed by atoms with Gasteiger partial charge in [0.15, 0.2) is 11.5 Å². The standard InChI is InChI=1S/C47H57N5O6/c1-5-7-8-9-10-11-12-13-14-19-32-58-47(56)35-24-26-36(27-25-35)52-44(49-40-21-16-15-20-38(40)46(52)55)43(45(54)50-41-22-17-18-23-42(41)57-4)48-39-29-28-37(33-34(39)3)51(6-2)30-31-53/h15-18,20-29,33,53H,5-14,19,30-32H2,1-4H3,(H,50,54)/b48-43-. The zero-order valence-electron chi connectivity index (χ0n) is 34.3. The zero-order chi connectivity index (χ0) is 41.3. The molecule has 0 unspecified atom stereocenters. The molecule has 0 fully saturated rings. The van der Waals surface area contributed by atoms with Crippen LogP contribution < -0.4 is 20.5 Å². The molecule has 5 aromatic rings. The molecule has 11 nitrogen and oxygen atoms in total. The van der Waals surface area contributed by atoms with Crippen LogP contribution in [0, 0.1) is 6.92 Å². The highest BCUT2D eigenvalue weighted by Gasteiger charge is 2.25. The number of aliphatic hydroxyl groups is 1. The van der Waals surface area contributed by atoms with Gasteiger partial charge in [-0.3, -0.25) is 14.2 Å². The number of methoxy groups -OCH3 is 1. The van der Waals surface area contributed by atoms with Gasteiger partial charge in [-0.25, -0.2) is 14.8 Å². The van der Waals surface area contributed by atoms with Crippen LogP contribution in [0.3, 0.4) is 0 Å². The number of aryl methyl sites for hydroxylation is 1. The smallest absolute Gasteiger partial charge is 0.338 e. The third-order valence-electron chi connectivity index (χ3n) is 10.2. The molecule has 0 saturated carbocycles. The number of benzene rings is 4. The van der Waals surface area contributed by atoms with Crippen molar-refractivity contribution in [3.63, 3.8) is 0 Å². The fraction of sp³-hybridized carbons (Fsp3) is 0.383. The Labute approximate surface area is 341 Å². The minimum absolute atomic E-state index is 0.00586. The van der Waals surface area contributed by atoms with E-state index in [1.807, 2.05) is 30.9 Å². The fourth-order valence-electron chi connectivity index (χ4n) is 6.92. The van der Waals surface area contributed by atoms with Crippen molar-refractivity contribution in [2.45, 2.75) is 85.0 Å². The number of fused-ring (bicyclic) bond motifs is 1. The van der Waals surface area contributed by atoms with Gasteiger partial charge in [0, 0.05) is 18.8 Å². The van der Waals surface area contributed by atoms with E-state index in [-0.39, 0.29) is 18.1 Å². The second-order valence-corrected chi connectivity index (χ2v) is 14.3. The molecule has 0 bridgehead atoms. The van der Waals surface area contributed by atoms with Crippen LogP contribution in [0.15, 0.2) is 101 Å². The Morgan fingerprint density at radius 1 is 0.845 bits per heavy atom. The number of hydrogen-bond acceptors (Lipinski definition) is 9. The number of esters is 1. The van der Waals surface area contributed by atoms with Gasteiger partial charge >= 0.3 is 5.97 Å². The van der Waals surface area contributed by atoms with Gasteiger partial charge in [-0.15, -0.1) is 0 Å². The number of para-hydroxylation sites is 3. The van der Waals surface area contributed by atoms with Crippen molar-refractivity contribution in [3.8, 4) is 11.4 Å². The maximum atomic E-state index is 14.5. The third-order valence-corrected chi connectivity index (χ3v) is 10.2. The van der Waals surface area contributed by atoms with Crippen molar-refractivity contribution in [2.24, 2.45) is 4.99 Å². The van der Waals surface area contributed by atoms with Crippen LogP contribution in [0.1, 0.15) is 99.8 Å². The Bertz CT molecular complexity index is 2210. The van der Waals surface area contributed by atoms with Crippen LogP contribution in [-0.4, -0.2) is 65.7 Å². The number of anilines is 2. The molecule has 11 heteroatoms. The van der Waals surface area contributed by atoms with E-state index < -0.39 is 17.4 Å². The normalized spacial score (nSPS) is 11.4. The lowest BCUT2D eigenvalue weighted by molar-refractivity contribution is -0.110. The average molecular weight is 788 g/mol. The number of amides is 1. The third kappa shape index (κ3) is 11.4. The SMILES string of the molecule is CCCCCCCCCCCCOC(=O)c1ccc(-n2c(/C(=N/c3ccc(N(CC)CCO)cc3C)C(=O)Nc3ccccc3OC)nc3ccccc3c2=O)cc1. The van der Waals surface area contributed by atoms with Crippen molar-refractivity contribution in [2.75, 3.05) is 43.6 Å². The number of aliphatic hydroxyl groups excluding tert-OH is 1. The number of aromatic nitrogens is 2. The maximum absolute atomic E-state index is 14.5. The van der Waals surface area contributed by atoms with E-state index in [0.717, 1.165) is 30.5 Å². The van der Waals surface area contributed by atoms with E-state index >= 15 is 0 Å². The van der Waals surface area contributed by atoms with E-state index in [4.69, 9.17) is 19.5 Å². The topological polar surface area (TPSA) is 135 Å². The Hall–Kier alpha value is -5.81. The highest BCUT2D eigenvalue weighted by atomic mass is 16.5. The monoisotopic (exact) mass is 787 g/mol. The molecule has 2 N–H and O–H groups in total. The van der Waals surface area contributed by atoms with E-state index in [1.165, 1.54) is 56.6 Å². The highest BCUT2D eigenvalue weighted by Crippen LogP contribution is 2.28. The molecule has 1 amide bonds. The Kier molecular flexibility index (Phi) is 16.6. The fourth-order valence-corrected chi connectivity index (χ4v) is 6.92. The molecule has 5 rings (SSSR count). The first-order valence-corrected chi connectivity index (χ1v) is 20.6. The molecular weight excluding hydrogens is 731 g/mol. The summed E-state index contributed by atoms with van der Waals surface area (Å²) in [4.78, 5) is 53.8. The summed E-state index contributed by atoms with van der Waals surface area (Å²) in [5.74, 6) is -0.610. The molecule has 0 atom stereocenters. The molecule has 0 aliphatic rings. The number of nitrogens with zero attached hydrogens (tertiary/aromatic N) is 4. The van der Waals surface area contributed by atoms with Crippen LogP contribution >= 0.6 is 0 Å². The van der Waals surface area contributed by atoms with Crippen molar-refractivity contribution >= 4 is 45.6 Å². The summed E-state index contributed by atoms with van der Waals surface area (Å²) in [5, 5.41) is 12.9. The summed E-state index contributed by atoms with van der Waals surface area (Å²) in [6.45, 7) is 7.64. The molecule has 0 radical (unpaired) electrons. The van der Waals surface area contributed by atoms with Crippen LogP contribution in [0.2, 0.25) is 0 Å². The summed E-state index contributed by atoms with van der Waals surface area (Å²) < 4.78 is 12.5. The number of nitrogens with one attached hydrogen (secondary N) is 1. The lowest BCUT2D eigenvalue weighted by Gasteiger charge is -2.22. The summed E-state index contributed by atoms with van der Waals surface area (Å²) in [6.07, 6.45) is 11.9. The molecule has 58 heavy (non-hydrogen) atoms. The molecule has 4 aromatic carbocycles. The number of rotatable bonds is 22. The molecule has 1 aromatic heterocycles. The van der Waals surface area contributed by atoms with Gasteiger partial charge in [0.1, 0.15) is 5.75 Å². The molecule has 0 aliphatic heterocycles.